The Hall–Kier alpha value is -1.61. The zero-order chi connectivity index (χ0) is 16.0. The molecule has 1 saturated heterocycles. The average molecular weight is 304 g/mol. The number of methoxy groups -OCH3 is 1. The van der Waals surface area contributed by atoms with E-state index in [-0.39, 0.29) is 11.7 Å². The van der Waals surface area contributed by atoms with Gasteiger partial charge in [-0.05, 0) is 26.0 Å². The van der Waals surface area contributed by atoms with E-state index in [1.54, 1.807) is 13.2 Å². The summed E-state index contributed by atoms with van der Waals surface area (Å²) < 4.78 is 17.0. The van der Waals surface area contributed by atoms with Crippen LogP contribution >= 0.6 is 0 Å². The molecule has 0 N–H and O–H groups in total. The second-order valence-corrected chi connectivity index (χ2v) is 6.15. The molecule has 1 unspecified atom stereocenters. The van der Waals surface area contributed by atoms with Crippen LogP contribution in [0.15, 0.2) is 24.3 Å². The second-order valence-electron chi connectivity index (χ2n) is 6.15. The lowest BCUT2D eigenvalue weighted by atomic mass is 10.1. The molecule has 1 heterocycles. The number of hydrogen-bond donors (Lipinski definition) is 0. The molecule has 0 spiro atoms. The fourth-order valence-electron chi connectivity index (χ4n) is 2.83. The van der Waals surface area contributed by atoms with Gasteiger partial charge < -0.3 is 14.2 Å². The van der Waals surface area contributed by atoms with Gasteiger partial charge in [0.2, 0.25) is 0 Å². The molecule has 1 aromatic rings. The minimum atomic E-state index is -0.188. The third kappa shape index (κ3) is 4.70. The van der Waals surface area contributed by atoms with Crippen LogP contribution in [0.25, 0.3) is 0 Å². The zero-order valence-corrected chi connectivity index (χ0v) is 13.5. The minimum absolute atomic E-state index is 0.0835. The van der Waals surface area contributed by atoms with Crippen LogP contribution in [0.5, 0.6) is 5.75 Å². The van der Waals surface area contributed by atoms with Crippen molar-refractivity contribution < 1.29 is 14.2 Å². The summed E-state index contributed by atoms with van der Waals surface area (Å²) in [7, 11) is 1.69. The number of nitrogens with zero attached hydrogens (tertiary/aromatic N) is 2. The molecule has 0 bridgehead atoms. The molecule has 0 radical (unpaired) electrons. The van der Waals surface area contributed by atoms with Gasteiger partial charge in [-0.2, -0.15) is 5.26 Å². The normalized spacial score (nSPS) is 21.3. The maximum absolute atomic E-state index is 9.06. The number of ether oxygens (including phenoxy) is 3. The van der Waals surface area contributed by atoms with Crippen LogP contribution in [0, 0.1) is 11.3 Å². The van der Waals surface area contributed by atoms with E-state index in [0.717, 1.165) is 19.6 Å². The fraction of sp³-hybridized carbons (Fsp3) is 0.588. The van der Waals surface area contributed by atoms with E-state index >= 15 is 0 Å². The monoisotopic (exact) mass is 304 g/mol. The smallest absolute Gasteiger partial charge is 0.137 e. The highest BCUT2D eigenvalue weighted by Crippen LogP contribution is 2.21. The molecule has 120 valence electrons. The van der Waals surface area contributed by atoms with Gasteiger partial charge in [0, 0.05) is 26.7 Å². The van der Waals surface area contributed by atoms with E-state index in [1.807, 2.05) is 18.2 Å². The van der Waals surface area contributed by atoms with Crippen molar-refractivity contribution in [2.75, 3.05) is 40.0 Å². The third-order valence-corrected chi connectivity index (χ3v) is 3.58. The number of rotatable bonds is 6. The molecule has 0 saturated carbocycles. The third-order valence-electron chi connectivity index (χ3n) is 3.58. The first-order valence-electron chi connectivity index (χ1n) is 7.55. The Kier molecular flexibility index (Phi) is 5.78. The molecule has 2 rings (SSSR count). The van der Waals surface area contributed by atoms with Crippen LogP contribution in [0.3, 0.4) is 0 Å². The molecule has 5 heteroatoms. The molecule has 1 atom stereocenters. The summed E-state index contributed by atoms with van der Waals surface area (Å²) in [5.74, 6) is 0.644. The van der Waals surface area contributed by atoms with Crippen molar-refractivity contribution in [2.45, 2.75) is 25.6 Å². The van der Waals surface area contributed by atoms with Crippen molar-refractivity contribution in [1.29, 1.82) is 5.26 Å². The maximum Gasteiger partial charge on any atom is 0.137 e. The summed E-state index contributed by atoms with van der Waals surface area (Å²) in [6.07, 6.45) is 0.0835. The van der Waals surface area contributed by atoms with Gasteiger partial charge >= 0.3 is 0 Å². The van der Waals surface area contributed by atoms with Crippen molar-refractivity contribution in [3.8, 4) is 11.8 Å². The Bertz CT molecular complexity index is 525. The van der Waals surface area contributed by atoms with Crippen LogP contribution in [0.4, 0.5) is 0 Å². The van der Waals surface area contributed by atoms with Crippen LogP contribution in [-0.4, -0.2) is 56.6 Å². The number of nitriles is 1. The molecule has 1 aliphatic rings. The zero-order valence-electron chi connectivity index (χ0n) is 13.5. The van der Waals surface area contributed by atoms with Gasteiger partial charge in [-0.25, -0.2) is 0 Å². The van der Waals surface area contributed by atoms with E-state index < -0.39 is 0 Å². The summed E-state index contributed by atoms with van der Waals surface area (Å²) >= 11 is 0. The van der Waals surface area contributed by atoms with E-state index in [4.69, 9.17) is 19.5 Å². The summed E-state index contributed by atoms with van der Waals surface area (Å²) in [5.41, 5.74) is 0.383. The van der Waals surface area contributed by atoms with Crippen LogP contribution in [-0.2, 0) is 9.47 Å². The molecule has 0 aromatic heterocycles. The Labute approximate surface area is 132 Å². The Morgan fingerprint density at radius 2 is 2.18 bits per heavy atom. The lowest BCUT2D eigenvalue weighted by Gasteiger charge is -2.42. The van der Waals surface area contributed by atoms with Crippen molar-refractivity contribution in [3.05, 3.63) is 29.8 Å². The van der Waals surface area contributed by atoms with Gasteiger partial charge in [0.15, 0.2) is 0 Å². The van der Waals surface area contributed by atoms with Gasteiger partial charge in [-0.3, -0.25) is 4.90 Å². The quantitative estimate of drug-likeness (QED) is 0.805. The molecule has 0 aliphatic carbocycles. The number of benzene rings is 1. The summed E-state index contributed by atoms with van der Waals surface area (Å²) in [6, 6.07) is 9.46. The van der Waals surface area contributed by atoms with Crippen LogP contribution in [0.2, 0.25) is 0 Å². The molecule has 5 nitrogen and oxygen atoms in total. The topological polar surface area (TPSA) is 54.7 Å². The standard InChI is InChI=1S/C17H24N2O3/c1-17(2)13-19(11-15(22-17)12-20-3)8-9-21-16-7-5-4-6-14(16)10-18/h4-7,15H,8-9,11-13H2,1-3H3. The number of hydrogen-bond acceptors (Lipinski definition) is 5. The number of para-hydroxylation sites is 1. The minimum Gasteiger partial charge on any atom is -0.491 e. The highest BCUT2D eigenvalue weighted by atomic mass is 16.5. The van der Waals surface area contributed by atoms with Gasteiger partial charge in [0.1, 0.15) is 18.4 Å². The predicted molar refractivity (Wildman–Crippen MR) is 83.9 cm³/mol. The van der Waals surface area contributed by atoms with Crippen molar-refractivity contribution in [3.63, 3.8) is 0 Å². The van der Waals surface area contributed by atoms with Gasteiger partial charge in [0.05, 0.1) is 23.9 Å². The summed E-state index contributed by atoms with van der Waals surface area (Å²) in [4.78, 5) is 2.32. The number of morpholine rings is 1. The Balaban J connectivity index is 1.87. The lowest BCUT2D eigenvalue weighted by Crippen LogP contribution is -2.54. The van der Waals surface area contributed by atoms with Crippen molar-refractivity contribution in [1.82, 2.24) is 4.90 Å². The molecular formula is C17H24N2O3. The molecular weight excluding hydrogens is 280 g/mol. The molecule has 1 aromatic carbocycles. The highest BCUT2D eigenvalue weighted by Gasteiger charge is 2.33. The first-order valence-corrected chi connectivity index (χ1v) is 7.55. The molecule has 1 fully saturated rings. The predicted octanol–water partition coefficient (Wildman–Crippen LogP) is 2.06. The summed E-state index contributed by atoms with van der Waals surface area (Å²) in [6.45, 7) is 7.82. The Morgan fingerprint density at radius 1 is 1.41 bits per heavy atom. The van der Waals surface area contributed by atoms with Gasteiger partial charge in [0.25, 0.3) is 0 Å². The summed E-state index contributed by atoms with van der Waals surface area (Å²) in [5, 5.41) is 9.06. The van der Waals surface area contributed by atoms with E-state index in [9.17, 15) is 0 Å². The van der Waals surface area contributed by atoms with Crippen molar-refractivity contribution in [2.24, 2.45) is 0 Å². The van der Waals surface area contributed by atoms with E-state index in [1.165, 1.54) is 0 Å². The first-order chi connectivity index (χ1) is 10.5. The van der Waals surface area contributed by atoms with E-state index in [2.05, 4.69) is 24.8 Å². The first kappa shape index (κ1) is 16.8. The van der Waals surface area contributed by atoms with E-state index in [0.29, 0.717) is 24.5 Å². The molecule has 22 heavy (non-hydrogen) atoms. The average Bonchev–Trinajstić information content (AvgIpc) is 2.46. The van der Waals surface area contributed by atoms with Crippen LogP contribution < -0.4 is 4.74 Å². The lowest BCUT2D eigenvalue weighted by molar-refractivity contribution is -0.153. The SMILES string of the molecule is COCC1CN(CCOc2ccccc2C#N)CC(C)(C)O1. The van der Waals surface area contributed by atoms with Crippen LogP contribution in [0.1, 0.15) is 19.4 Å². The highest BCUT2D eigenvalue weighted by molar-refractivity contribution is 5.42. The fourth-order valence-corrected chi connectivity index (χ4v) is 2.83. The maximum atomic E-state index is 9.06. The van der Waals surface area contributed by atoms with Gasteiger partial charge in [-0.1, -0.05) is 12.1 Å². The second kappa shape index (κ2) is 7.59. The van der Waals surface area contributed by atoms with Gasteiger partial charge in [-0.15, -0.1) is 0 Å². The Morgan fingerprint density at radius 3 is 2.91 bits per heavy atom. The largest absolute Gasteiger partial charge is 0.491 e. The molecule has 0 amide bonds. The molecule has 1 aliphatic heterocycles. The van der Waals surface area contributed by atoms with Crippen molar-refractivity contribution >= 4 is 0 Å².